The molecular weight excluding hydrogens is 214 g/mol. The zero-order valence-electron chi connectivity index (χ0n) is 10.1. The first-order chi connectivity index (χ1) is 8.20. The van der Waals surface area contributed by atoms with E-state index in [0.29, 0.717) is 12.8 Å². The number of hydrogen-bond donors (Lipinski definition) is 1. The zero-order valence-corrected chi connectivity index (χ0v) is 10.1. The molecule has 1 aliphatic rings. The van der Waals surface area contributed by atoms with Gasteiger partial charge in [-0.3, -0.25) is 9.59 Å². The minimum absolute atomic E-state index is 0.0661. The van der Waals surface area contributed by atoms with Gasteiger partial charge in [-0.2, -0.15) is 0 Å². The summed E-state index contributed by atoms with van der Waals surface area (Å²) in [6.45, 7) is 2.00. The Morgan fingerprint density at radius 2 is 2.18 bits per heavy atom. The topological polar surface area (TPSA) is 46.2 Å². The smallest absolute Gasteiger partial charge is 0.224 e. The van der Waals surface area contributed by atoms with E-state index in [1.165, 1.54) is 0 Å². The Morgan fingerprint density at radius 3 is 2.94 bits per heavy atom. The standard InChI is InChI=1S/C14H17NO2/c1-2-4-13(16)11-7-8-12-10(9-11)5-3-6-14(17)15-12/h7-9H,2-6H2,1H3,(H,15,17). The van der Waals surface area contributed by atoms with Crippen LogP contribution in [0.25, 0.3) is 0 Å². The normalized spacial score (nSPS) is 14.8. The van der Waals surface area contributed by atoms with E-state index in [-0.39, 0.29) is 11.7 Å². The molecule has 0 fully saturated rings. The number of fused-ring (bicyclic) bond motifs is 1. The maximum absolute atomic E-state index is 11.8. The SMILES string of the molecule is CCCC(=O)c1ccc2c(c1)CCCC(=O)N2. The van der Waals surface area contributed by atoms with Gasteiger partial charge in [0.1, 0.15) is 0 Å². The molecule has 0 radical (unpaired) electrons. The second-order valence-corrected chi connectivity index (χ2v) is 4.45. The van der Waals surface area contributed by atoms with Gasteiger partial charge in [0.05, 0.1) is 0 Å². The third-order valence-electron chi connectivity index (χ3n) is 3.03. The van der Waals surface area contributed by atoms with Crippen molar-refractivity contribution in [3.05, 3.63) is 29.3 Å². The maximum Gasteiger partial charge on any atom is 0.224 e. The van der Waals surface area contributed by atoms with Gasteiger partial charge in [0.15, 0.2) is 5.78 Å². The summed E-state index contributed by atoms with van der Waals surface area (Å²) in [6, 6.07) is 5.59. The summed E-state index contributed by atoms with van der Waals surface area (Å²) in [5, 5.41) is 2.87. The van der Waals surface area contributed by atoms with Crippen molar-refractivity contribution in [3.8, 4) is 0 Å². The highest BCUT2D eigenvalue weighted by atomic mass is 16.1. The number of Topliss-reactive ketones (excluding diaryl/α,β-unsaturated/α-hetero) is 1. The molecule has 1 N–H and O–H groups in total. The fourth-order valence-corrected chi connectivity index (χ4v) is 2.12. The van der Waals surface area contributed by atoms with Crippen LogP contribution in [0.1, 0.15) is 48.5 Å². The monoisotopic (exact) mass is 231 g/mol. The lowest BCUT2D eigenvalue weighted by Gasteiger charge is -2.08. The molecule has 0 aromatic heterocycles. The Kier molecular flexibility index (Phi) is 3.57. The van der Waals surface area contributed by atoms with Gasteiger partial charge in [0.25, 0.3) is 0 Å². The molecule has 2 rings (SSSR count). The lowest BCUT2D eigenvalue weighted by molar-refractivity contribution is -0.116. The molecule has 17 heavy (non-hydrogen) atoms. The summed E-state index contributed by atoms with van der Waals surface area (Å²) >= 11 is 0. The van der Waals surface area contributed by atoms with E-state index in [0.717, 1.165) is 36.1 Å². The maximum atomic E-state index is 11.8. The number of ketones is 1. The molecule has 3 heteroatoms. The van der Waals surface area contributed by atoms with Crippen LogP contribution in [0.15, 0.2) is 18.2 Å². The van der Waals surface area contributed by atoms with E-state index in [2.05, 4.69) is 5.32 Å². The Labute approximate surface area is 101 Å². The van der Waals surface area contributed by atoms with E-state index >= 15 is 0 Å². The third kappa shape index (κ3) is 2.73. The van der Waals surface area contributed by atoms with Crippen molar-refractivity contribution < 1.29 is 9.59 Å². The molecule has 0 atom stereocenters. The number of carbonyl (C=O) groups excluding carboxylic acids is 2. The first-order valence-electron chi connectivity index (χ1n) is 6.16. The number of nitrogens with one attached hydrogen (secondary N) is 1. The second-order valence-electron chi connectivity index (χ2n) is 4.45. The van der Waals surface area contributed by atoms with E-state index < -0.39 is 0 Å². The van der Waals surface area contributed by atoms with Crippen LogP contribution in [0.5, 0.6) is 0 Å². The number of rotatable bonds is 3. The summed E-state index contributed by atoms with van der Waals surface area (Å²) in [5.74, 6) is 0.252. The van der Waals surface area contributed by atoms with Crippen LogP contribution >= 0.6 is 0 Å². The average Bonchev–Trinajstić information content (AvgIpc) is 2.49. The van der Waals surface area contributed by atoms with Gasteiger partial charge in [0, 0.05) is 24.1 Å². The summed E-state index contributed by atoms with van der Waals surface area (Å²) in [7, 11) is 0. The molecule has 0 bridgehead atoms. The van der Waals surface area contributed by atoms with Crippen molar-refractivity contribution in [2.24, 2.45) is 0 Å². The average molecular weight is 231 g/mol. The summed E-state index contributed by atoms with van der Waals surface area (Å²) in [5.41, 5.74) is 2.71. The quantitative estimate of drug-likeness (QED) is 0.813. The highest BCUT2D eigenvalue weighted by Gasteiger charge is 2.14. The molecule has 1 aromatic carbocycles. The number of benzene rings is 1. The Bertz CT molecular complexity index is 452. The predicted octanol–water partition coefficient (Wildman–Crippen LogP) is 2.94. The Balaban J connectivity index is 2.27. The van der Waals surface area contributed by atoms with Crippen LogP contribution in [-0.4, -0.2) is 11.7 Å². The lowest BCUT2D eigenvalue weighted by atomic mass is 10.0. The Hall–Kier alpha value is -1.64. The van der Waals surface area contributed by atoms with E-state index in [4.69, 9.17) is 0 Å². The van der Waals surface area contributed by atoms with Crippen LogP contribution in [0, 0.1) is 0 Å². The molecule has 0 unspecified atom stereocenters. The van der Waals surface area contributed by atoms with Crippen LogP contribution in [-0.2, 0) is 11.2 Å². The fraction of sp³-hybridized carbons (Fsp3) is 0.429. The van der Waals surface area contributed by atoms with Gasteiger partial charge in [-0.15, -0.1) is 0 Å². The molecule has 1 amide bonds. The second kappa shape index (κ2) is 5.13. The van der Waals surface area contributed by atoms with Crippen molar-refractivity contribution in [1.29, 1.82) is 0 Å². The molecule has 90 valence electrons. The van der Waals surface area contributed by atoms with Gasteiger partial charge < -0.3 is 5.32 Å². The fourth-order valence-electron chi connectivity index (χ4n) is 2.12. The van der Waals surface area contributed by atoms with Gasteiger partial charge in [0.2, 0.25) is 5.91 Å². The largest absolute Gasteiger partial charge is 0.326 e. The highest BCUT2D eigenvalue weighted by molar-refractivity contribution is 5.98. The molecule has 0 aliphatic carbocycles. The number of hydrogen-bond acceptors (Lipinski definition) is 2. The summed E-state index contributed by atoms with van der Waals surface area (Å²) < 4.78 is 0. The summed E-state index contributed by atoms with van der Waals surface area (Å²) in [6.07, 6.45) is 3.73. The van der Waals surface area contributed by atoms with Gasteiger partial charge in [-0.05, 0) is 43.0 Å². The first kappa shape index (κ1) is 11.8. The number of aryl methyl sites for hydroxylation is 1. The van der Waals surface area contributed by atoms with Crippen LogP contribution in [0.2, 0.25) is 0 Å². The van der Waals surface area contributed by atoms with Gasteiger partial charge >= 0.3 is 0 Å². The first-order valence-corrected chi connectivity index (χ1v) is 6.16. The van der Waals surface area contributed by atoms with E-state index in [9.17, 15) is 9.59 Å². The van der Waals surface area contributed by atoms with Gasteiger partial charge in [-0.1, -0.05) is 6.92 Å². The summed E-state index contributed by atoms with van der Waals surface area (Å²) in [4.78, 5) is 23.2. The van der Waals surface area contributed by atoms with Crippen LogP contribution < -0.4 is 5.32 Å². The molecular formula is C14H17NO2. The molecule has 0 spiro atoms. The van der Waals surface area contributed by atoms with Crippen molar-refractivity contribution in [3.63, 3.8) is 0 Å². The number of anilines is 1. The third-order valence-corrected chi connectivity index (χ3v) is 3.03. The van der Waals surface area contributed by atoms with Crippen molar-refractivity contribution in [2.45, 2.75) is 39.0 Å². The van der Waals surface area contributed by atoms with Crippen molar-refractivity contribution >= 4 is 17.4 Å². The molecule has 0 saturated carbocycles. The minimum atomic E-state index is 0.0661. The molecule has 0 saturated heterocycles. The zero-order chi connectivity index (χ0) is 12.3. The molecule has 1 aromatic rings. The minimum Gasteiger partial charge on any atom is -0.326 e. The molecule has 3 nitrogen and oxygen atoms in total. The highest BCUT2D eigenvalue weighted by Crippen LogP contribution is 2.23. The van der Waals surface area contributed by atoms with Crippen molar-refractivity contribution in [1.82, 2.24) is 0 Å². The predicted molar refractivity (Wildman–Crippen MR) is 67.2 cm³/mol. The van der Waals surface area contributed by atoms with Crippen molar-refractivity contribution in [2.75, 3.05) is 5.32 Å². The number of amides is 1. The Morgan fingerprint density at radius 1 is 1.35 bits per heavy atom. The van der Waals surface area contributed by atoms with E-state index in [1.807, 2.05) is 25.1 Å². The molecule has 1 aliphatic heterocycles. The van der Waals surface area contributed by atoms with E-state index in [1.54, 1.807) is 0 Å². The van der Waals surface area contributed by atoms with Gasteiger partial charge in [-0.25, -0.2) is 0 Å². The van der Waals surface area contributed by atoms with Crippen LogP contribution in [0.4, 0.5) is 5.69 Å². The molecule has 1 heterocycles. The number of carbonyl (C=O) groups is 2. The lowest BCUT2D eigenvalue weighted by Crippen LogP contribution is -2.09. The van der Waals surface area contributed by atoms with Crippen LogP contribution in [0.3, 0.4) is 0 Å².